The van der Waals surface area contributed by atoms with Gasteiger partial charge in [0.05, 0.1) is 79.6 Å². The van der Waals surface area contributed by atoms with Gasteiger partial charge in [-0.1, -0.05) is 109 Å². The molecule has 19 rings (SSSR count). The van der Waals surface area contributed by atoms with Crippen LogP contribution in [0.1, 0.15) is 149 Å². The minimum absolute atomic E-state index is 0.0615. The van der Waals surface area contributed by atoms with Gasteiger partial charge in [-0.3, -0.25) is 62.8 Å². The normalized spacial score (nSPS) is 12.4. The van der Waals surface area contributed by atoms with E-state index < -0.39 is 0 Å². The van der Waals surface area contributed by atoms with E-state index in [1.165, 1.54) is 42.5 Å². The van der Waals surface area contributed by atoms with Crippen LogP contribution in [0.4, 0.5) is 46.0 Å². The van der Waals surface area contributed by atoms with Gasteiger partial charge in [-0.2, -0.15) is 0 Å². The first-order valence-electron chi connectivity index (χ1n) is 47.0. The van der Waals surface area contributed by atoms with Crippen molar-refractivity contribution in [2.24, 2.45) is 7.05 Å². The zero-order valence-corrected chi connectivity index (χ0v) is 82.3. The van der Waals surface area contributed by atoms with Crippen LogP contribution in [-0.2, 0) is 18.3 Å². The fourth-order valence-electron chi connectivity index (χ4n) is 18.0. The highest BCUT2D eigenvalue weighted by Crippen LogP contribution is 2.39. The largest absolute Gasteiger partial charge is 0.467 e. The van der Waals surface area contributed by atoms with Gasteiger partial charge < -0.3 is 49.0 Å². The summed E-state index contributed by atoms with van der Waals surface area (Å²) in [6, 6.07) is 59.9. The molecule has 0 bridgehead atoms. The summed E-state index contributed by atoms with van der Waals surface area (Å²) in [6.45, 7) is 54.1. The van der Waals surface area contributed by atoms with E-state index in [1.54, 1.807) is 101 Å². The summed E-state index contributed by atoms with van der Waals surface area (Å²) >= 11 is 0. The number of nitrogens with one attached hydrogen (secondary N) is 4. The molecule has 0 saturated carbocycles. The lowest BCUT2D eigenvalue weighted by molar-refractivity contribution is 0.0687. The molecule has 33 nitrogen and oxygen atoms in total. The highest BCUT2D eigenvalue weighted by Gasteiger charge is 2.28. The maximum absolute atomic E-state index is 14.5. The van der Waals surface area contributed by atoms with E-state index in [9.17, 15) is 28.8 Å². The molecule has 12 aromatic heterocycles. The number of aromatic nitrogens is 17. The van der Waals surface area contributed by atoms with Gasteiger partial charge in [0.15, 0.2) is 0 Å². The zero-order valence-electron chi connectivity index (χ0n) is 82.3. The number of benzene rings is 6. The van der Waals surface area contributed by atoms with Crippen molar-refractivity contribution in [2.45, 2.75) is 139 Å². The standard InChI is InChI=1S/C33H30N6O3.C28H22N6O.C26H26N6O2.C25H25N7O2/c1-21(36-32-28(34-3)19-35-22(2)37-32)29-18-23-8-7-11-27(31(23)33(41)39(29)26-9-5-4-6-10-26)24-12-13-30(40)38(20-24)25-14-16-42-17-15-25;1-18-14-20(12-13-30-18)24-11-7-8-21-15-23(16-32-27-25(29-3)17-31-19(2)33-27)34(28(35)26(21)24)22-9-5-4-6-10-22;1-15(2)32-22(16(3)29-25-21(27-5)13-28-17(4)30-25)12-18-8-7-9-20(24(18)26(32)34)19-10-11-23(33)31(6)14-19;1-14(2)32-21(15(3)30-23-20(26-5)13-27-16(4)31-23)10-17-8-7-9-19(22(17)24(32)33)18-11-28-25(34-6)29-12-18/h4-13,18-21,25H,14-17H2,1-2H3,(H,35,36,37);4-15,17H,16H2,1-2H3,(H,31,32,33);7-16H,1-4,6H3,(H,28,29,30);7-15H,1-4,6H3,(H,27,30,31)/t21-;;16-;15-/m0.00/s1. The van der Waals surface area contributed by atoms with Crippen molar-refractivity contribution in [3.05, 3.63) is 409 Å². The third-order valence-electron chi connectivity index (χ3n) is 24.9. The van der Waals surface area contributed by atoms with E-state index in [1.807, 2.05) is 231 Å². The number of para-hydroxylation sites is 2. The van der Waals surface area contributed by atoms with Crippen molar-refractivity contribution >= 4 is 89.1 Å². The van der Waals surface area contributed by atoms with Crippen molar-refractivity contribution in [1.29, 1.82) is 0 Å². The average molecular weight is 1930 g/mol. The van der Waals surface area contributed by atoms with Gasteiger partial charge in [0.2, 0.25) is 28.3 Å². The van der Waals surface area contributed by atoms with Crippen molar-refractivity contribution in [3.63, 3.8) is 0 Å². The molecule has 0 amide bonds. The fraction of sp³-hybridized carbons (Fsp3) is 0.223. The Kier molecular flexibility index (Phi) is 30.2. The molecule has 1 aliphatic rings. The molecule has 4 N–H and O–H groups in total. The lowest BCUT2D eigenvalue weighted by atomic mass is 9.98. The summed E-state index contributed by atoms with van der Waals surface area (Å²) in [5.41, 5.74) is 12.5. The molecule has 0 spiro atoms. The Labute approximate surface area is 834 Å². The first kappa shape index (κ1) is 99.5. The Hall–Kier alpha value is -18.5. The summed E-state index contributed by atoms with van der Waals surface area (Å²) in [6.07, 6.45) is 16.2. The molecule has 1 fully saturated rings. The summed E-state index contributed by atoms with van der Waals surface area (Å²) in [7, 11) is 3.20. The van der Waals surface area contributed by atoms with E-state index in [2.05, 4.69) is 95.5 Å². The highest BCUT2D eigenvalue weighted by atomic mass is 16.5. The number of rotatable bonds is 22. The second-order valence-corrected chi connectivity index (χ2v) is 35.4. The van der Waals surface area contributed by atoms with Gasteiger partial charge >= 0.3 is 6.01 Å². The Morgan fingerprint density at radius 1 is 0.400 bits per heavy atom. The molecule has 0 aliphatic carbocycles. The third kappa shape index (κ3) is 21.5. The van der Waals surface area contributed by atoms with E-state index in [4.69, 9.17) is 35.8 Å². The van der Waals surface area contributed by atoms with Gasteiger partial charge in [-0.25, -0.2) is 49.3 Å². The van der Waals surface area contributed by atoms with E-state index >= 15 is 0 Å². The molecular weight excluding hydrogens is 1820 g/mol. The van der Waals surface area contributed by atoms with Crippen molar-refractivity contribution in [2.75, 3.05) is 41.6 Å². The third-order valence-corrected chi connectivity index (χ3v) is 24.9. The van der Waals surface area contributed by atoms with Crippen LogP contribution >= 0.6 is 0 Å². The topological polar surface area (TPSA) is 358 Å². The SMILES string of the molecule is [C-]#[N+]c1cnc(C)nc1NCc1cc2cccc(-c3ccnc(C)c3)c2c(=O)n1-c1ccccc1.[C-]#[N+]c1cnc(C)nc1N[C@@H](C)c1cc2cccc(-c3ccc(=O)n(C)c3)c2c(=O)n1C(C)C.[C-]#[N+]c1cnc(C)nc1N[C@@H](C)c1cc2cccc(-c3ccc(=O)n(C4CCOCC4)c3)c2c(=O)n1-c1ccccc1.[C-]#[N+]c1cnc(C)nc1N[C@@H](C)c1cc2cccc(-c3cnc(OC)nc3)c2c(=O)n1C(C)C. The predicted molar refractivity (Wildman–Crippen MR) is 567 cm³/mol. The lowest BCUT2D eigenvalue weighted by Crippen LogP contribution is -2.28. The number of hydrogen-bond acceptors (Lipinski definition) is 23. The second-order valence-electron chi connectivity index (χ2n) is 35.4. The number of pyridine rings is 7. The molecule has 13 heterocycles. The quantitative estimate of drug-likeness (QED) is 0.0458. The summed E-state index contributed by atoms with van der Waals surface area (Å²) in [5, 5.41) is 18.8. The average Bonchev–Trinajstić information content (AvgIpc) is 0.766. The first-order chi connectivity index (χ1) is 70.0. The number of fused-ring (bicyclic) bond motifs is 4. The smallest absolute Gasteiger partial charge is 0.316 e. The zero-order chi connectivity index (χ0) is 103. The molecular formula is C112H103N25O8. The number of nitrogens with zero attached hydrogens (tertiary/aromatic N) is 21. The van der Waals surface area contributed by atoms with Crippen LogP contribution in [0.5, 0.6) is 6.01 Å². The molecule has 18 aromatic rings. The Morgan fingerprint density at radius 3 is 1.23 bits per heavy atom. The summed E-state index contributed by atoms with van der Waals surface area (Å²) < 4.78 is 20.8. The number of methoxy groups -OCH3 is 1. The molecule has 3 atom stereocenters. The molecule has 6 aromatic carbocycles. The second kappa shape index (κ2) is 43.9. The predicted octanol–water partition coefficient (Wildman–Crippen LogP) is 21.3. The molecule has 0 unspecified atom stereocenters. The van der Waals surface area contributed by atoms with Gasteiger partial charge in [0, 0.05) is 152 Å². The highest BCUT2D eigenvalue weighted by molar-refractivity contribution is 6.00. The van der Waals surface area contributed by atoms with Crippen molar-refractivity contribution in [3.8, 4) is 61.9 Å². The maximum Gasteiger partial charge on any atom is 0.316 e. The molecule has 1 saturated heterocycles. The Balaban J connectivity index is 0.000000139. The summed E-state index contributed by atoms with van der Waals surface area (Å²) in [4.78, 5) is 142. The Morgan fingerprint density at radius 2 is 0.793 bits per heavy atom. The number of ether oxygens (including phenoxy) is 2. The number of aryl methyl sites for hydroxylation is 6. The van der Waals surface area contributed by atoms with Crippen LogP contribution < -0.4 is 59.4 Å². The number of anilines is 4. The minimum Gasteiger partial charge on any atom is -0.467 e. The van der Waals surface area contributed by atoms with Crippen LogP contribution in [0.25, 0.3) is 118 Å². The number of hydrogen-bond donors (Lipinski definition) is 4. The molecule has 0 radical (unpaired) electrons. The van der Waals surface area contributed by atoms with Crippen LogP contribution in [0.2, 0.25) is 0 Å². The van der Waals surface area contributed by atoms with Gasteiger partial charge in [-0.15, -0.1) is 0 Å². The maximum atomic E-state index is 14.5. The minimum atomic E-state index is -0.379. The van der Waals surface area contributed by atoms with Gasteiger partial charge in [-0.05, 0) is 229 Å². The molecule has 145 heavy (non-hydrogen) atoms. The van der Waals surface area contributed by atoms with E-state index in [0.29, 0.717) is 111 Å². The van der Waals surface area contributed by atoms with Crippen LogP contribution in [0, 0.1) is 60.9 Å². The van der Waals surface area contributed by atoms with E-state index in [0.717, 1.165) is 119 Å². The van der Waals surface area contributed by atoms with Gasteiger partial charge in [0.1, 0.15) is 46.6 Å². The fourth-order valence-corrected chi connectivity index (χ4v) is 18.0. The van der Waals surface area contributed by atoms with Crippen LogP contribution in [0.3, 0.4) is 0 Å². The van der Waals surface area contributed by atoms with Crippen LogP contribution in [0.15, 0.2) is 279 Å². The molecule has 33 heteroatoms. The first-order valence-corrected chi connectivity index (χ1v) is 47.0. The monoisotopic (exact) mass is 1930 g/mol. The molecule has 1 aliphatic heterocycles. The van der Waals surface area contributed by atoms with Crippen LogP contribution in [-0.4, -0.2) is 103 Å². The van der Waals surface area contributed by atoms with Crippen molar-refractivity contribution in [1.82, 2.24) is 82.2 Å². The van der Waals surface area contributed by atoms with Gasteiger partial charge in [0.25, 0.3) is 27.8 Å². The van der Waals surface area contributed by atoms with Crippen molar-refractivity contribution < 1.29 is 9.47 Å². The lowest BCUT2D eigenvalue weighted by Gasteiger charge is -2.25. The Bertz CT molecular complexity index is 8580. The summed E-state index contributed by atoms with van der Waals surface area (Å²) in [5.74, 6) is 3.98. The van der Waals surface area contributed by atoms with E-state index in [-0.39, 0.29) is 75.6 Å². The molecule has 724 valence electrons.